The van der Waals surface area contributed by atoms with Crippen molar-refractivity contribution in [2.24, 2.45) is 0 Å². The summed E-state index contributed by atoms with van der Waals surface area (Å²) in [5.74, 6) is 1.07. The smallest absolute Gasteiger partial charge is 0.220 e. The average molecular weight is 433 g/mol. The molecule has 3 aromatic rings. The molecular weight excluding hydrogens is 411 g/mol. The van der Waals surface area contributed by atoms with Crippen LogP contribution < -0.4 is 10.1 Å². The Balaban J connectivity index is 1.53. The molecule has 2 aromatic carbocycles. The van der Waals surface area contributed by atoms with Crippen LogP contribution in [0.25, 0.3) is 0 Å². The Morgan fingerprint density at radius 1 is 1.00 bits per heavy atom. The molecule has 1 heterocycles. The maximum Gasteiger partial charge on any atom is 0.220 e. The van der Waals surface area contributed by atoms with Crippen LogP contribution in [0.15, 0.2) is 66.7 Å². The fourth-order valence-corrected chi connectivity index (χ4v) is 3.21. The summed E-state index contributed by atoms with van der Waals surface area (Å²) in [6.45, 7) is 0.264. The van der Waals surface area contributed by atoms with Crippen LogP contribution in [-0.4, -0.2) is 34.4 Å². The molecule has 0 unspecified atom stereocenters. The number of aliphatic hydroxyl groups is 2. The van der Waals surface area contributed by atoms with Crippen LogP contribution >= 0.6 is 23.2 Å². The minimum atomic E-state index is -0.705. The van der Waals surface area contributed by atoms with Crippen LogP contribution in [0.4, 0.5) is 0 Å². The predicted molar refractivity (Wildman–Crippen MR) is 115 cm³/mol. The van der Waals surface area contributed by atoms with Gasteiger partial charge in [0.25, 0.3) is 0 Å². The van der Waals surface area contributed by atoms with Crippen molar-refractivity contribution in [2.75, 3.05) is 13.2 Å². The van der Waals surface area contributed by atoms with Crippen LogP contribution in [0.1, 0.15) is 17.2 Å². The zero-order chi connectivity index (χ0) is 20.6. The Kier molecular flexibility index (Phi) is 7.86. The number of benzene rings is 2. The molecule has 0 bridgehead atoms. The highest BCUT2D eigenvalue weighted by Crippen LogP contribution is 2.22. The van der Waals surface area contributed by atoms with Crippen molar-refractivity contribution in [3.8, 4) is 11.6 Å². The number of pyridine rings is 1. The third-order valence-corrected chi connectivity index (χ3v) is 4.82. The molecule has 0 saturated carbocycles. The minimum absolute atomic E-state index is 0.0487. The third-order valence-electron chi connectivity index (χ3n) is 4.37. The Bertz CT molecular complexity index is 922. The average Bonchev–Trinajstić information content (AvgIpc) is 2.72. The van der Waals surface area contributed by atoms with E-state index in [4.69, 9.17) is 27.9 Å². The largest absolute Gasteiger partial charge is 0.439 e. The third kappa shape index (κ3) is 6.70. The molecule has 0 saturated heterocycles. The van der Waals surface area contributed by atoms with E-state index in [1.165, 1.54) is 0 Å². The summed E-state index contributed by atoms with van der Waals surface area (Å²) >= 11 is 11.8. The first-order valence-corrected chi connectivity index (χ1v) is 9.96. The van der Waals surface area contributed by atoms with Crippen LogP contribution in [0.5, 0.6) is 11.6 Å². The van der Waals surface area contributed by atoms with E-state index >= 15 is 0 Å². The van der Waals surface area contributed by atoms with Gasteiger partial charge in [0, 0.05) is 23.7 Å². The lowest BCUT2D eigenvalue weighted by Gasteiger charge is -2.19. The molecule has 3 N–H and O–H groups in total. The van der Waals surface area contributed by atoms with Crippen LogP contribution in [0.3, 0.4) is 0 Å². The standard InChI is InChI=1S/C22H22Cl2N2O3/c23-17-4-1-3-16(12-17)20(28)13-25-18(14-27)11-15-7-9-19(10-8-15)29-22-6-2-5-21(24)26-22/h1-10,12,18,20,25,27-28H,11,13-14H2/t18-,20-/m0/s1. The number of aromatic nitrogens is 1. The molecular formula is C22H22Cl2N2O3. The first kappa shape index (κ1) is 21.6. The lowest BCUT2D eigenvalue weighted by atomic mass is 10.1. The van der Waals surface area contributed by atoms with E-state index in [-0.39, 0.29) is 12.6 Å². The number of halogens is 2. The summed E-state index contributed by atoms with van der Waals surface area (Å²) in [6, 6.07) is 19.6. The van der Waals surface area contributed by atoms with Gasteiger partial charge in [-0.25, -0.2) is 4.98 Å². The molecule has 0 aliphatic carbocycles. The fourth-order valence-electron chi connectivity index (χ4n) is 2.86. The highest BCUT2D eigenvalue weighted by atomic mass is 35.5. The molecule has 152 valence electrons. The Labute approximate surface area is 179 Å². The lowest BCUT2D eigenvalue weighted by Crippen LogP contribution is -2.37. The van der Waals surface area contributed by atoms with Gasteiger partial charge in [-0.3, -0.25) is 0 Å². The van der Waals surface area contributed by atoms with E-state index in [0.717, 1.165) is 11.1 Å². The summed E-state index contributed by atoms with van der Waals surface area (Å²) in [5, 5.41) is 24.1. The predicted octanol–water partition coefficient (Wildman–Crippen LogP) is 4.41. The number of ether oxygens (including phenoxy) is 1. The van der Waals surface area contributed by atoms with E-state index in [2.05, 4.69) is 10.3 Å². The topological polar surface area (TPSA) is 74.6 Å². The van der Waals surface area contributed by atoms with E-state index in [0.29, 0.717) is 34.8 Å². The van der Waals surface area contributed by atoms with Gasteiger partial charge < -0.3 is 20.3 Å². The quantitative estimate of drug-likeness (QED) is 0.436. The van der Waals surface area contributed by atoms with Gasteiger partial charge in [0.05, 0.1) is 12.7 Å². The van der Waals surface area contributed by atoms with E-state index in [1.807, 2.05) is 30.3 Å². The summed E-state index contributed by atoms with van der Waals surface area (Å²) < 4.78 is 5.68. The minimum Gasteiger partial charge on any atom is -0.439 e. The number of aliphatic hydroxyl groups excluding tert-OH is 2. The highest BCUT2D eigenvalue weighted by Gasteiger charge is 2.13. The number of hydrogen-bond donors (Lipinski definition) is 3. The molecule has 3 rings (SSSR count). The number of nitrogens with zero attached hydrogens (tertiary/aromatic N) is 1. The monoisotopic (exact) mass is 432 g/mol. The second-order valence-corrected chi connectivity index (χ2v) is 7.43. The molecule has 0 aliphatic heterocycles. The van der Waals surface area contributed by atoms with Gasteiger partial charge in [0.1, 0.15) is 10.9 Å². The zero-order valence-corrected chi connectivity index (χ0v) is 17.1. The Morgan fingerprint density at radius 2 is 1.76 bits per heavy atom. The van der Waals surface area contributed by atoms with Gasteiger partial charge in [-0.15, -0.1) is 0 Å². The SMILES string of the molecule is OC[C@H](Cc1ccc(Oc2cccc(Cl)n2)cc1)NC[C@H](O)c1cccc(Cl)c1. The maximum atomic E-state index is 10.3. The lowest BCUT2D eigenvalue weighted by molar-refractivity contribution is 0.158. The Morgan fingerprint density at radius 3 is 2.45 bits per heavy atom. The molecule has 29 heavy (non-hydrogen) atoms. The van der Waals surface area contributed by atoms with Gasteiger partial charge >= 0.3 is 0 Å². The highest BCUT2D eigenvalue weighted by molar-refractivity contribution is 6.30. The zero-order valence-electron chi connectivity index (χ0n) is 15.6. The van der Waals surface area contributed by atoms with E-state index in [9.17, 15) is 10.2 Å². The summed E-state index contributed by atoms with van der Waals surface area (Å²) in [4.78, 5) is 4.09. The van der Waals surface area contributed by atoms with Gasteiger partial charge in [0.15, 0.2) is 0 Å². The molecule has 0 aliphatic rings. The van der Waals surface area contributed by atoms with Gasteiger partial charge in [-0.1, -0.05) is 53.5 Å². The fraction of sp³-hybridized carbons (Fsp3) is 0.227. The molecule has 0 radical (unpaired) electrons. The van der Waals surface area contributed by atoms with Crippen molar-refractivity contribution >= 4 is 23.2 Å². The van der Waals surface area contributed by atoms with Crippen LogP contribution in [0.2, 0.25) is 10.2 Å². The van der Waals surface area contributed by atoms with Crippen molar-refractivity contribution in [3.05, 3.63) is 88.0 Å². The summed E-state index contributed by atoms with van der Waals surface area (Å²) in [7, 11) is 0. The first-order chi connectivity index (χ1) is 14.0. The maximum absolute atomic E-state index is 10.3. The molecule has 1 aromatic heterocycles. The summed E-state index contributed by atoms with van der Waals surface area (Å²) in [5.41, 5.74) is 1.76. The second-order valence-electron chi connectivity index (χ2n) is 6.61. The van der Waals surface area contributed by atoms with Crippen molar-refractivity contribution in [1.82, 2.24) is 10.3 Å². The molecule has 0 spiro atoms. The first-order valence-electron chi connectivity index (χ1n) is 9.20. The van der Waals surface area contributed by atoms with Gasteiger partial charge in [0.2, 0.25) is 5.88 Å². The molecule has 7 heteroatoms. The van der Waals surface area contributed by atoms with Gasteiger partial charge in [-0.2, -0.15) is 0 Å². The Hall–Kier alpha value is -2.15. The summed E-state index contributed by atoms with van der Waals surface area (Å²) in [6.07, 6.45) is -0.0993. The van der Waals surface area contributed by atoms with Crippen molar-refractivity contribution in [2.45, 2.75) is 18.6 Å². The van der Waals surface area contributed by atoms with Crippen molar-refractivity contribution < 1.29 is 14.9 Å². The second kappa shape index (κ2) is 10.6. The van der Waals surface area contributed by atoms with Gasteiger partial charge in [-0.05, 0) is 47.9 Å². The normalized spacial score (nSPS) is 13.1. The van der Waals surface area contributed by atoms with E-state index < -0.39 is 6.10 Å². The van der Waals surface area contributed by atoms with Crippen LogP contribution in [-0.2, 0) is 6.42 Å². The molecule has 2 atom stereocenters. The molecule has 5 nitrogen and oxygen atoms in total. The number of hydrogen-bond acceptors (Lipinski definition) is 5. The van der Waals surface area contributed by atoms with Crippen LogP contribution in [0, 0.1) is 0 Å². The number of nitrogens with one attached hydrogen (secondary N) is 1. The molecule has 0 amide bonds. The van der Waals surface area contributed by atoms with Crippen molar-refractivity contribution in [1.29, 1.82) is 0 Å². The number of rotatable bonds is 9. The van der Waals surface area contributed by atoms with E-state index in [1.54, 1.807) is 36.4 Å². The molecule has 0 fully saturated rings. The van der Waals surface area contributed by atoms with Crippen molar-refractivity contribution in [3.63, 3.8) is 0 Å².